The largest absolute Gasteiger partial charge is 0.347 e. The Hall–Kier alpha value is -2.35. The normalized spacial score (nSPS) is 19.4. The number of hydrogen-bond acceptors (Lipinski definition) is 2. The van der Waals surface area contributed by atoms with Gasteiger partial charge in [-0.15, -0.1) is 0 Å². The quantitative estimate of drug-likeness (QED) is 0.461. The minimum atomic E-state index is 0.00735. The van der Waals surface area contributed by atoms with Gasteiger partial charge in [-0.2, -0.15) is 0 Å². The van der Waals surface area contributed by atoms with Crippen LogP contribution in [-0.4, -0.2) is 13.3 Å². The summed E-state index contributed by atoms with van der Waals surface area (Å²) in [5, 5.41) is 0. The molecule has 2 nitrogen and oxygen atoms in total. The van der Waals surface area contributed by atoms with E-state index in [1.165, 1.54) is 16.9 Å². The number of fused-ring (bicyclic) bond motifs is 1. The minimum absolute atomic E-state index is 0.00735. The van der Waals surface area contributed by atoms with Crippen molar-refractivity contribution < 1.29 is 4.79 Å². The Balaban J connectivity index is 2.18. The van der Waals surface area contributed by atoms with E-state index < -0.39 is 0 Å². The summed E-state index contributed by atoms with van der Waals surface area (Å²) in [5.41, 5.74) is 4.63. The number of para-hydroxylation sites is 1. The summed E-state index contributed by atoms with van der Waals surface area (Å²) in [4.78, 5) is 12.7. The molecule has 0 aliphatic carbocycles. The fraction of sp³-hybridized carbons (Fsp3) is 0.250. The predicted molar refractivity (Wildman–Crippen MR) is 94.1 cm³/mol. The van der Waals surface area contributed by atoms with Crippen LogP contribution in [0.1, 0.15) is 26.3 Å². The molecule has 2 heteroatoms. The number of anilines is 1. The molecule has 0 N–H and O–H groups in total. The molecule has 0 radical (unpaired) electrons. The van der Waals surface area contributed by atoms with Crippen LogP contribution in [0.15, 0.2) is 72.0 Å². The highest BCUT2D eigenvalue weighted by Crippen LogP contribution is 2.46. The van der Waals surface area contributed by atoms with Crippen LogP contribution >= 0.6 is 0 Å². The Labute approximate surface area is 133 Å². The first kappa shape index (κ1) is 16.0. The first-order valence-corrected chi connectivity index (χ1v) is 7.49. The van der Waals surface area contributed by atoms with Crippen molar-refractivity contribution in [2.24, 2.45) is 0 Å². The first-order valence-electron chi connectivity index (χ1n) is 7.49. The standard InChI is InChI=1S/C20H23NO/c1-16(15-22)11-7-5-6-8-14-19-20(2,3)17-12-9-10-13-18(17)21(19)4/h5-15H,1-4H3/b7-5+,8-6+,16-11+,19-14-. The van der Waals surface area contributed by atoms with E-state index in [1.807, 2.05) is 24.3 Å². The number of aldehydes is 1. The summed E-state index contributed by atoms with van der Waals surface area (Å²) in [6, 6.07) is 8.53. The topological polar surface area (TPSA) is 20.3 Å². The lowest BCUT2D eigenvalue weighted by atomic mass is 9.84. The second-order valence-electron chi connectivity index (χ2n) is 6.05. The van der Waals surface area contributed by atoms with Crippen LogP contribution in [-0.2, 0) is 10.2 Å². The van der Waals surface area contributed by atoms with E-state index in [2.05, 4.69) is 56.1 Å². The Morgan fingerprint density at radius 3 is 2.45 bits per heavy atom. The Kier molecular flexibility index (Phi) is 4.81. The molecule has 0 saturated carbocycles. The van der Waals surface area contributed by atoms with E-state index in [0.717, 1.165) is 11.9 Å². The second-order valence-corrected chi connectivity index (χ2v) is 6.05. The van der Waals surface area contributed by atoms with Crippen LogP contribution < -0.4 is 4.90 Å². The third-order valence-corrected chi connectivity index (χ3v) is 4.07. The van der Waals surface area contributed by atoms with Crippen molar-refractivity contribution in [3.63, 3.8) is 0 Å². The van der Waals surface area contributed by atoms with Gasteiger partial charge >= 0.3 is 0 Å². The molecule has 0 bridgehead atoms. The van der Waals surface area contributed by atoms with Crippen molar-refractivity contribution in [1.82, 2.24) is 0 Å². The molecular weight excluding hydrogens is 270 g/mol. The summed E-state index contributed by atoms with van der Waals surface area (Å²) in [6.45, 7) is 6.29. The molecule has 0 fully saturated rings. The smallest absolute Gasteiger partial charge is 0.145 e. The molecule has 0 spiro atoms. The van der Waals surface area contributed by atoms with Crippen LogP contribution in [0.4, 0.5) is 5.69 Å². The number of allylic oxidation sites excluding steroid dienone is 8. The zero-order valence-electron chi connectivity index (χ0n) is 13.7. The number of rotatable bonds is 4. The Morgan fingerprint density at radius 2 is 1.77 bits per heavy atom. The molecule has 1 aromatic rings. The van der Waals surface area contributed by atoms with Crippen LogP contribution in [0.2, 0.25) is 0 Å². The number of nitrogens with zero attached hydrogens (tertiary/aromatic N) is 1. The molecule has 0 atom stereocenters. The third-order valence-electron chi connectivity index (χ3n) is 4.07. The number of carbonyl (C=O) groups is 1. The number of carbonyl (C=O) groups excluding carboxylic acids is 1. The number of hydrogen-bond donors (Lipinski definition) is 0. The Morgan fingerprint density at radius 1 is 1.09 bits per heavy atom. The SMILES string of the molecule is C\C(C=O)=C/C=C/C=C/C=C1\N(C)c2ccccc2C1(C)C. The summed E-state index contributed by atoms with van der Waals surface area (Å²) < 4.78 is 0. The minimum Gasteiger partial charge on any atom is -0.347 e. The Bertz CT molecular complexity index is 675. The van der Waals surface area contributed by atoms with E-state index in [4.69, 9.17) is 0 Å². The van der Waals surface area contributed by atoms with E-state index in [0.29, 0.717) is 0 Å². The lowest BCUT2D eigenvalue weighted by molar-refractivity contribution is -0.104. The van der Waals surface area contributed by atoms with Gasteiger partial charge in [-0.1, -0.05) is 62.4 Å². The van der Waals surface area contributed by atoms with Crippen LogP contribution in [0.3, 0.4) is 0 Å². The molecule has 22 heavy (non-hydrogen) atoms. The maximum atomic E-state index is 10.5. The molecule has 1 heterocycles. The van der Waals surface area contributed by atoms with Crippen molar-refractivity contribution >= 4 is 12.0 Å². The van der Waals surface area contributed by atoms with Crippen molar-refractivity contribution in [2.45, 2.75) is 26.2 Å². The number of likely N-dealkylation sites (N-methyl/N-ethyl adjacent to an activating group) is 1. The van der Waals surface area contributed by atoms with Gasteiger partial charge in [0.05, 0.1) is 0 Å². The van der Waals surface area contributed by atoms with Crippen molar-refractivity contribution in [1.29, 1.82) is 0 Å². The third kappa shape index (κ3) is 3.11. The van der Waals surface area contributed by atoms with E-state index in [-0.39, 0.29) is 5.41 Å². The van der Waals surface area contributed by atoms with Crippen LogP contribution in [0, 0.1) is 0 Å². The van der Waals surface area contributed by atoms with Gasteiger partial charge in [0.1, 0.15) is 6.29 Å². The van der Waals surface area contributed by atoms with Crippen molar-refractivity contribution in [3.05, 3.63) is 77.6 Å². The van der Waals surface area contributed by atoms with Gasteiger partial charge in [0.15, 0.2) is 0 Å². The zero-order valence-corrected chi connectivity index (χ0v) is 13.7. The first-order chi connectivity index (χ1) is 10.5. The monoisotopic (exact) mass is 293 g/mol. The fourth-order valence-electron chi connectivity index (χ4n) is 2.82. The molecular formula is C20H23NO. The molecule has 1 aliphatic heterocycles. The van der Waals surface area contributed by atoms with Gasteiger partial charge < -0.3 is 4.90 Å². The van der Waals surface area contributed by atoms with Gasteiger partial charge in [0, 0.05) is 23.8 Å². The second kappa shape index (κ2) is 6.61. The van der Waals surface area contributed by atoms with Gasteiger partial charge in [-0.05, 0) is 30.2 Å². The summed E-state index contributed by atoms with van der Waals surface area (Å²) in [7, 11) is 2.11. The average molecular weight is 293 g/mol. The lowest BCUT2D eigenvalue weighted by Crippen LogP contribution is -2.22. The van der Waals surface area contributed by atoms with E-state index >= 15 is 0 Å². The van der Waals surface area contributed by atoms with Gasteiger partial charge in [0.2, 0.25) is 0 Å². The van der Waals surface area contributed by atoms with E-state index in [9.17, 15) is 4.79 Å². The van der Waals surface area contributed by atoms with Gasteiger partial charge in [-0.3, -0.25) is 4.79 Å². The van der Waals surface area contributed by atoms with Gasteiger partial charge in [-0.25, -0.2) is 0 Å². The molecule has 0 saturated heterocycles. The summed E-state index contributed by atoms with van der Waals surface area (Å²) >= 11 is 0. The molecule has 0 aromatic heterocycles. The molecule has 2 rings (SSSR count). The maximum Gasteiger partial charge on any atom is 0.145 e. The van der Waals surface area contributed by atoms with Crippen LogP contribution in [0.5, 0.6) is 0 Å². The summed E-state index contributed by atoms with van der Waals surface area (Å²) in [5.74, 6) is 0. The average Bonchev–Trinajstić information content (AvgIpc) is 2.71. The summed E-state index contributed by atoms with van der Waals surface area (Å²) in [6.07, 6.45) is 12.6. The lowest BCUT2D eigenvalue weighted by Gasteiger charge is -2.23. The van der Waals surface area contributed by atoms with Crippen LogP contribution in [0.25, 0.3) is 0 Å². The molecule has 1 aromatic carbocycles. The van der Waals surface area contributed by atoms with Gasteiger partial charge in [0.25, 0.3) is 0 Å². The van der Waals surface area contributed by atoms with Crippen molar-refractivity contribution in [3.8, 4) is 0 Å². The highest BCUT2D eigenvalue weighted by atomic mass is 16.1. The zero-order chi connectivity index (χ0) is 16.2. The predicted octanol–water partition coefficient (Wildman–Crippen LogP) is 4.56. The van der Waals surface area contributed by atoms with E-state index in [1.54, 1.807) is 13.0 Å². The number of benzene rings is 1. The highest BCUT2D eigenvalue weighted by Gasteiger charge is 2.37. The highest BCUT2D eigenvalue weighted by molar-refractivity contribution is 5.72. The van der Waals surface area contributed by atoms with Crippen molar-refractivity contribution in [2.75, 3.05) is 11.9 Å². The molecule has 114 valence electrons. The maximum absolute atomic E-state index is 10.5. The fourth-order valence-corrected chi connectivity index (χ4v) is 2.82. The molecule has 0 unspecified atom stereocenters. The molecule has 1 aliphatic rings. The molecule has 0 amide bonds.